The Morgan fingerprint density at radius 1 is 1.08 bits per heavy atom. The standard InChI is InChI=1S/C35H33F5N4O4/c1-4-47-33(45)31-22-9-19-10-28(41-12-23(19)30(22)31)48-16-24-26(36)11-25(35(38,39)40)29(32(24)37)18-5-7-21(8-6-18)43-13-20-14-44(17-34(2,3)46)42-27(20)15-43/h5-8,10-12,14,22,30-31,46H,4,9,13,15-17H2,1-3H3/t22-,30-,31+/m1/s1. The summed E-state index contributed by atoms with van der Waals surface area (Å²) >= 11 is 0. The zero-order valence-electron chi connectivity index (χ0n) is 26.4. The van der Waals surface area contributed by atoms with Gasteiger partial charge in [-0.25, -0.2) is 13.8 Å². The summed E-state index contributed by atoms with van der Waals surface area (Å²) in [7, 11) is 0. The molecule has 4 aromatic rings. The molecule has 1 aliphatic heterocycles. The Bertz CT molecular complexity index is 1880. The first-order chi connectivity index (χ1) is 22.7. The number of halogens is 5. The van der Waals surface area contributed by atoms with Crippen molar-refractivity contribution in [3.63, 3.8) is 0 Å². The molecule has 1 N–H and O–H groups in total. The summed E-state index contributed by atoms with van der Waals surface area (Å²) in [5.74, 6) is -2.98. The normalized spacial score (nSPS) is 19.6. The summed E-state index contributed by atoms with van der Waals surface area (Å²) in [4.78, 5) is 18.4. The molecule has 252 valence electrons. The number of nitrogens with zero attached hydrogens (tertiary/aromatic N) is 4. The lowest BCUT2D eigenvalue weighted by Gasteiger charge is -2.21. The van der Waals surface area contributed by atoms with Crippen LogP contribution in [0.3, 0.4) is 0 Å². The van der Waals surface area contributed by atoms with Crippen LogP contribution in [0.1, 0.15) is 60.2 Å². The topological polar surface area (TPSA) is 89.7 Å². The number of pyridine rings is 1. The first kappa shape index (κ1) is 32.0. The van der Waals surface area contributed by atoms with Crippen LogP contribution in [0.5, 0.6) is 5.88 Å². The van der Waals surface area contributed by atoms with Crippen LogP contribution in [0.4, 0.5) is 27.6 Å². The molecule has 0 spiro atoms. The van der Waals surface area contributed by atoms with Gasteiger partial charge in [0.2, 0.25) is 5.88 Å². The summed E-state index contributed by atoms with van der Waals surface area (Å²) in [6.45, 7) is 6.04. The van der Waals surface area contributed by atoms with Crippen molar-refractivity contribution >= 4 is 11.7 Å². The Balaban J connectivity index is 1.09. The molecular weight excluding hydrogens is 635 g/mol. The van der Waals surface area contributed by atoms with Crippen LogP contribution in [-0.4, -0.2) is 38.0 Å². The third kappa shape index (κ3) is 5.88. The van der Waals surface area contributed by atoms with Gasteiger partial charge in [0.15, 0.2) is 0 Å². The number of esters is 1. The number of carbonyl (C=O) groups is 1. The Kier molecular flexibility index (Phi) is 7.73. The minimum absolute atomic E-state index is 0.0187. The highest BCUT2D eigenvalue weighted by Gasteiger charge is 2.60. The molecule has 1 saturated carbocycles. The Morgan fingerprint density at radius 3 is 2.50 bits per heavy atom. The Labute approximate surface area is 273 Å². The summed E-state index contributed by atoms with van der Waals surface area (Å²) in [5.41, 5.74) is 0.447. The fraction of sp³-hybridized carbons (Fsp3) is 0.400. The average molecular weight is 669 g/mol. The number of hydrogen-bond acceptors (Lipinski definition) is 7. The molecule has 0 amide bonds. The van der Waals surface area contributed by atoms with Crippen molar-refractivity contribution in [1.82, 2.24) is 14.8 Å². The van der Waals surface area contributed by atoms with Gasteiger partial charge in [-0.3, -0.25) is 9.48 Å². The van der Waals surface area contributed by atoms with Crippen molar-refractivity contribution in [1.29, 1.82) is 0 Å². The molecule has 48 heavy (non-hydrogen) atoms. The van der Waals surface area contributed by atoms with Gasteiger partial charge < -0.3 is 19.5 Å². The second-order valence-electron chi connectivity index (χ2n) is 13.3. The van der Waals surface area contributed by atoms with Crippen molar-refractivity contribution in [2.24, 2.45) is 11.8 Å². The Hall–Kier alpha value is -4.52. The van der Waals surface area contributed by atoms with Gasteiger partial charge in [-0.2, -0.15) is 18.3 Å². The van der Waals surface area contributed by atoms with Crippen LogP contribution in [0, 0.1) is 23.5 Å². The predicted octanol–water partition coefficient (Wildman–Crippen LogP) is 6.56. The molecule has 3 atom stereocenters. The van der Waals surface area contributed by atoms with Gasteiger partial charge in [-0.15, -0.1) is 0 Å². The number of benzene rings is 2. The lowest BCUT2D eigenvalue weighted by atomic mass is 9.95. The molecular formula is C35H33F5N4O4. The number of carbonyl (C=O) groups excluding carboxylic acids is 1. The van der Waals surface area contributed by atoms with Crippen molar-refractivity contribution in [2.45, 2.75) is 71.1 Å². The van der Waals surface area contributed by atoms with E-state index >= 15 is 8.78 Å². The van der Waals surface area contributed by atoms with E-state index in [2.05, 4.69) is 10.1 Å². The summed E-state index contributed by atoms with van der Waals surface area (Å²) in [6, 6.07) is 7.90. The van der Waals surface area contributed by atoms with E-state index in [1.54, 1.807) is 49.8 Å². The zero-order valence-corrected chi connectivity index (χ0v) is 26.4. The maximum Gasteiger partial charge on any atom is 0.417 e. The van der Waals surface area contributed by atoms with E-state index in [0.717, 1.165) is 22.4 Å². The number of fused-ring (bicyclic) bond motifs is 4. The van der Waals surface area contributed by atoms with E-state index in [0.29, 0.717) is 44.4 Å². The summed E-state index contributed by atoms with van der Waals surface area (Å²) < 4.78 is 85.8. The fourth-order valence-electron chi connectivity index (χ4n) is 7.06. The molecule has 3 heterocycles. The van der Waals surface area contributed by atoms with Crippen LogP contribution in [0.2, 0.25) is 0 Å². The number of aliphatic hydroxyl groups is 1. The highest BCUT2D eigenvalue weighted by Crippen LogP contribution is 2.62. The second-order valence-corrected chi connectivity index (χ2v) is 13.3. The minimum atomic E-state index is -5.02. The SMILES string of the molecule is CCOC(=O)[C@H]1[C@@H]2Cc3cc(OCc4c(F)cc(C(F)(F)F)c(-c5ccc(N6Cc7cn(CC(C)(C)O)nc7C6)cc5)c4F)ncc3[C@@H]21. The van der Waals surface area contributed by atoms with E-state index < -0.39 is 46.7 Å². The van der Waals surface area contributed by atoms with Crippen LogP contribution < -0.4 is 9.64 Å². The van der Waals surface area contributed by atoms with Crippen LogP contribution in [0.15, 0.2) is 48.8 Å². The van der Waals surface area contributed by atoms with Gasteiger partial charge in [0.05, 0.1) is 48.0 Å². The van der Waals surface area contributed by atoms with E-state index in [1.807, 2.05) is 11.1 Å². The van der Waals surface area contributed by atoms with E-state index in [-0.39, 0.29) is 35.2 Å². The van der Waals surface area contributed by atoms with Crippen LogP contribution in [0.25, 0.3) is 11.1 Å². The zero-order chi connectivity index (χ0) is 34.1. The highest BCUT2D eigenvalue weighted by atomic mass is 19.4. The molecule has 8 nitrogen and oxygen atoms in total. The van der Waals surface area contributed by atoms with E-state index in [4.69, 9.17) is 9.47 Å². The molecule has 3 aliphatic rings. The van der Waals surface area contributed by atoms with Gasteiger partial charge in [0.1, 0.15) is 18.2 Å². The Morgan fingerprint density at radius 2 is 1.83 bits per heavy atom. The lowest BCUT2D eigenvalue weighted by Crippen LogP contribution is -2.26. The molecule has 2 aliphatic carbocycles. The van der Waals surface area contributed by atoms with E-state index in [9.17, 15) is 23.1 Å². The van der Waals surface area contributed by atoms with Crippen molar-refractivity contribution in [2.75, 3.05) is 11.5 Å². The molecule has 2 aromatic heterocycles. The van der Waals surface area contributed by atoms with Crippen molar-refractivity contribution in [3.05, 3.63) is 93.9 Å². The van der Waals surface area contributed by atoms with Crippen molar-refractivity contribution in [3.8, 4) is 17.0 Å². The molecule has 0 unspecified atom stereocenters. The number of rotatable bonds is 9. The molecule has 13 heteroatoms. The highest BCUT2D eigenvalue weighted by molar-refractivity contribution is 5.79. The summed E-state index contributed by atoms with van der Waals surface area (Å²) in [6.07, 6.45) is -0.986. The van der Waals surface area contributed by atoms with Crippen LogP contribution >= 0.6 is 0 Å². The summed E-state index contributed by atoms with van der Waals surface area (Å²) in [5, 5.41) is 14.6. The van der Waals surface area contributed by atoms with Gasteiger partial charge in [-0.1, -0.05) is 12.1 Å². The molecule has 0 bridgehead atoms. The molecule has 0 radical (unpaired) electrons. The van der Waals surface area contributed by atoms with Gasteiger partial charge in [0, 0.05) is 47.7 Å². The van der Waals surface area contributed by atoms with Crippen LogP contribution in [-0.2, 0) is 48.4 Å². The molecule has 7 rings (SSSR count). The monoisotopic (exact) mass is 668 g/mol. The molecule has 1 fully saturated rings. The number of alkyl halides is 3. The average Bonchev–Trinajstić information content (AvgIpc) is 3.23. The first-order valence-corrected chi connectivity index (χ1v) is 15.7. The quantitative estimate of drug-likeness (QED) is 0.160. The number of anilines is 1. The second kappa shape index (κ2) is 11.6. The maximum absolute atomic E-state index is 15.9. The maximum atomic E-state index is 15.9. The van der Waals surface area contributed by atoms with Gasteiger partial charge in [-0.05, 0) is 68.0 Å². The van der Waals surface area contributed by atoms with Gasteiger partial charge in [0.25, 0.3) is 0 Å². The third-order valence-electron chi connectivity index (χ3n) is 9.22. The smallest absolute Gasteiger partial charge is 0.417 e. The first-order valence-electron chi connectivity index (χ1n) is 15.7. The van der Waals surface area contributed by atoms with Crippen molar-refractivity contribution < 1.29 is 41.3 Å². The minimum Gasteiger partial charge on any atom is -0.473 e. The predicted molar refractivity (Wildman–Crippen MR) is 164 cm³/mol. The number of hydrogen-bond donors (Lipinski definition) is 1. The lowest BCUT2D eigenvalue weighted by molar-refractivity contribution is -0.145. The number of aromatic nitrogens is 3. The van der Waals surface area contributed by atoms with Gasteiger partial charge >= 0.3 is 12.1 Å². The molecule has 0 saturated heterocycles. The van der Waals surface area contributed by atoms with E-state index in [1.165, 1.54) is 12.1 Å². The molecule has 2 aromatic carbocycles. The number of ether oxygens (including phenoxy) is 2. The largest absolute Gasteiger partial charge is 0.473 e. The fourth-order valence-corrected chi connectivity index (χ4v) is 7.06. The third-order valence-corrected chi connectivity index (χ3v) is 9.22.